The molecule has 2 fully saturated rings. The molecule has 5 aromatic rings. The second kappa shape index (κ2) is 15.3. The van der Waals surface area contributed by atoms with Crippen LogP contribution in [-0.2, 0) is 21.6 Å². The van der Waals surface area contributed by atoms with Crippen LogP contribution in [0, 0.1) is 17.6 Å². The normalized spacial score (nSPS) is 20.3. The molecular formula is C38H44F2N8O4. The van der Waals surface area contributed by atoms with Crippen molar-refractivity contribution in [3.05, 3.63) is 113 Å². The van der Waals surface area contributed by atoms with Crippen LogP contribution in [0.1, 0.15) is 38.3 Å². The Bertz CT molecular complexity index is 1980. The summed E-state index contributed by atoms with van der Waals surface area (Å²) in [6.45, 7) is 8.41. The van der Waals surface area contributed by atoms with Crippen LogP contribution in [-0.4, -0.2) is 81.7 Å². The quantitative estimate of drug-likeness (QED) is 0.162. The molecule has 4 heterocycles. The fraction of sp³-hybridized carbons (Fsp3) is 0.421. The molecule has 0 radical (unpaired) electrons. The lowest BCUT2D eigenvalue weighted by molar-refractivity contribution is -0.0206. The average molecular weight is 715 g/mol. The fourth-order valence-corrected chi connectivity index (χ4v) is 7.38. The molecule has 0 spiro atoms. The van der Waals surface area contributed by atoms with Crippen molar-refractivity contribution in [2.45, 2.75) is 51.0 Å². The van der Waals surface area contributed by atoms with Crippen LogP contribution in [0.4, 0.5) is 20.2 Å². The molecule has 2 saturated heterocycles. The van der Waals surface area contributed by atoms with Gasteiger partial charge in [-0.1, -0.05) is 13.0 Å². The number of benzene rings is 3. The van der Waals surface area contributed by atoms with E-state index in [-0.39, 0.29) is 30.3 Å². The highest BCUT2D eigenvalue weighted by atomic mass is 19.1. The predicted octanol–water partition coefficient (Wildman–Crippen LogP) is 5.23. The number of ether oxygens (including phenoxy) is 3. The van der Waals surface area contributed by atoms with E-state index >= 15 is 0 Å². The highest BCUT2D eigenvalue weighted by Gasteiger charge is 2.44. The molecule has 2 aromatic heterocycles. The summed E-state index contributed by atoms with van der Waals surface area (Å²) in [4.78, 5) is 21.9. The first kappa shape index (κ1) is 35.3. The Morgan fingerprint density at radius 1 is 0.923 bits per heavy atom. The van der Waals surface area contributed by atoms with Gasteiger partial charge in [0.1, 0.15) is 42.0 Å². The number of hydrogen-bond donors (Lipinski definition) is 0. The summed E-state index contributed by atoms with van der Waals surface area (Å²) in [5.74, 6) is -0.545. The lowest BCUT2D eigenvalue weighted by atomic mass is 9.87. The predicted molar refractivity (Wildman–Crippen MR) is 192 cm³/mol. The molecule has 1 unspecified atom stereocenters. The molecule has 52 heavy (non-hydrogen) atoms. The number of rotatable bonds is 13. The van der Waals surface area contributed by atoms with Gasteiger partial charge in [-0.25, -0.2) is 32.5 Å². The highest BCUT2D eigenvalue weighted by molar-refractivity contribution is 5.54. The van der Waals surface area contributed by atoms with Gasteiger partial charge in [0.25, 0.3) is 0 Å². The zero-order valence-electron chi connectivity index (χ0n) is 29.6. The van der Waals surface area contributed by atoms with Crippen LogP contribution < -0.4 is 20.2 Å². The summed E-state index contributed by atoms with van der Waals surface area (Å²) in [5.41, 5.74) is 2.10. The molecule has 4 atom stereocenters. The van der Waals surface area contributed by atoms with Gasteiger partial charge < -0.3 is 24.0 Å². The Kier molecular flexibility index (Phi) is 10.4. The van der Waals surface area contributed by atoms with Crippen molar-refractivity contribution in [3.63, 3.8) is 0 Å². The smallest absolute Gasteiger partial charge is 0.350 e. The van der Waals surface area contributed by atoms with Crippen LogP contribution in [0.5, 0.6) is 5.75 Å². The third-order valence-electron chi connectivity index (χ3n) is 10.3. The minimum absolute atomic E-state index is 0.00779. The van der Waals surface area contributed by atoms with Gasteiger partial charge in [0.05, 0.1) is 37.6 Å². The van der Waals surface area contributed by atoms with Gasteiger partial charge in [0.2, 0.25) is 0 Å². The van der Waals surface area contributed by atoms with E-state index in [2.05, 4.69) is 49.2 Å². The second-order valence-corrected chi connectivity index (χ2v) is 13.5. The Balaban J connectivity index is 0.922. The molecule has 0 amide bonds. The van der Waals surface area contributed by atoms with Gasteiger partial charge in [0, 0.05) is 62.2 Å². The monoisotopic (exact) mass is 714 g/mol. The maximum Gasteiger partial charge on any atom is 0.350 e. The molecule has 274 valence electrons. The van der Waals surface area contributed by atoms with Crippen molar-refractivity contribution in [2.24, 2.45) is 5.92 Å². The Hall–Kier alpha value is -5.08. The number of aromatic nitrogens is 6. The molecule has 12 nitrogen and oxygen atoms in total. The number of methoxy groups -OCH3 is 1. The zero-order valence-corrected chi connectivity index (χ0v) is 29.6. The Labute approximate surface area is 301 Å². The van der Waals surface area contributed by atoms with Crippen LogP contribution in [0.15, 0.2) is 90.5 Å². The van der Waals surface area contributed by atoms with Crippen molar-refractivity contribution in [2.75, 3.05) is 56.3 Å². The third-order valence-corrected chi connectivity index (χ3v) is 10.3. The van der Waals surface area contributed by atoms with E-state index in [4.69, 9.17) is 14.2 Å². The van der Waals surface area contributed by atoms with E-state index in [1.54, 1.807) is 29.0 Å². The number of hydrogen-bond acceptors (Lipinski definition) is 9. The first-order valence-electron chi connectivity index (χ1n) is 17.7. The van der Waals surface area contributed by atoms with E-state index in [0.717, 1.165) is 61.5 Å². The summed E-state index contributed by atoms with van der Waals surface area (Å²) in [7, 11) is 1.64. The Morgan fingerprint density at radius 2 is 1.60 bits per heavy atom. The van der Waals surface area contributed by atoms with Gasteiger partial charge in [0.15, 0.2) is 0 Å². The number of piperazine rings is 1. The maximum absolute atomic E-state index is 15.0. The molecule has 14 heteroatoms. The topological polar surface area (TPSA) is 105 Å². The van der Waals surface area contributed by atoms with Crippen LogP contribution in [0.3, 0.4) is 0 Å². The van der Waals surface area contributed by atoms with Gasteiger partial charge in [-0.05, 0) is 74.4 Å². The standard InChI is InChI=1S/C38H44F2N8O4/c1-4-36(27(2)50-3)48-37(49)47(26-43-48)32-8-6-30(7-9-32)44-15-17-45(18-16-44)31-10-12-33(13-11-31)51-21-28-20-38(52-22-28,23-46-25-41-24-42-46)34-14-5-29(39)19-35(34)40/h5-14,19,24-28,36H,4,15-18,20-23H2,1-3H3/t27-,28+,36?,38-/m0/s1. The number of nitrogens with zero attached hydrogens (tertiary/aromatic N) is 8. The first-order valence-corrected chi connectivity index (χ1v) is 17.7. The fourth-order valence-electron chi connectivity index (χ4n) is 7.38. The van der Waals surface area contributed by atoms with Crippen molar-refractivity contribution < 1.29 is 23.0 Å². The largest absolute Gasteiger partial charge is 0.493 e. The lowest BCUT2D eigenvalue weighted by Gasteiger charge is -2.37. The molecule has 2 aliphatic rings. The zero-order chi connectivity index (χ0) is 36.2. The SMILES string of the molecule is CCC([C@H](C)OC)n1ncn(-c2ccc(N3CCN(c4ccc(OC[C@@H]5CO[C@@](Cn6cncn6)(c6ccc(F)cc6F)C5)cc4)CC3)cc2)c1=O. The van der Waals surface area contributed by atoms with Crippen LogP contribution in [0.2, 0.25) is 0 Å². The van der Waals surface area contributed by atoms with Crippen molar-refractivity contribution >= 4 is 11.4 Å². The van der Waals surface area contributed by atoms with Gasteiger partial charge in [-0.3, -0.25) is 0 Å². The van der Waals surface area contributed by atoms with Crippen molar-refractivity contribution in [1.82, 2.24) is 29.1 Å². The summed E-state index contributed by atoms with van der Waals surface area (Å²) >= 11 is 0. The van der Waals surface area contributed by atoms with Crippen molar-refractivity contribution in [3.8, 4) is 11.4 Å². The van der Waals surface area contributed by atoms with Gasteiger partial charge in [-0.15, -0.1) is 0 Å². The lowest BCUT2D eigenvalue weighted by Crippen LogP contribution is -2.46. The van der Waals surface area contributed by atoms with Crippen LogP contribution >= 0.6 is 0 Å². The first-order chi connectivity index (χ1) is 25.3. The molecule has 2 aliphatic heterocycles. The number of halogens is 2. The summed E-state index contributed by atoms with van der Waals surface area (Å²) in [6.07, 6.45) is 5.65. The van der Waals surface area contributed by atoms with Gasteiger partial charge >= 0.3 is 5.69 Å². The van der Waals surface area contributed by atoms with E-state index in [9.17, 15) is 13.6 Å². The number of anilines is 2. The minimum atomic E-state index is -1.02. The average Bonchev–Trinajstić information content (AvgIpc) is 3.93. The van der Waals surface area contributed by atoms with Crippen LogP contribution in [0.25, 0.3) is 5.69 Å². The van der Waals surface area contributed by atoms with Gasteiger partial charge in [-0.2, -0.15) is 10.2 Å². The summed E-state index contributed by atoms with van der Waals surface area (Å²) < 4.78 is 51.3. The summed E-state index contributed by atoms with van der Waals surface area (Å²) in [6, 6.07) is 19.6. The molecule has 3 aromatic carbocycles. The van der Waals surface area contributed by atoms with E-state index < -0.39 is 17.2 Å². The highest BCUT2D eigenvalue weighted by Crippen LogP contribution is 2.42. The molecule has 0 N–H and O–H groups in total. The van der Waals surface area contributed by atoms with Crippen molar-refractivity contribution in [1.29, 1.82) is 0 Å². The summed E-state index contributed by atoms with van der Waals surface area (Å²) in [5, 5.41) is 8.57. The Morgan fingerprint density at radius 3 is 2.21 bits per heavy atom. The maximum atomic E-state index is 15.0. The van der Waals surface area contributed by atoms with E-state index in [1.165, 1.54) is 23.1 Å². The minimum Gasteiger partial charge on any atom is -0.493 e. The molecule has 7 rings (SSSR count). The molecular weight excluding hydrogens is 670 g/mol. The van der Waals surface area contributed by atoms with E-state index in [1.807, 2.05) is 38.1 Å². The second-order valence-electron chi connectivity index (χ2n) is 13.5. The molecule has 0 bridgehead atoms. The molecule has 0 saturated carbocycles. The third kappa shape index (κ3) is 7.30. The molecule has 0 aliphatic carbocycles. The van der Waals surface area contributed by atoms with E-state index in [0.29, 0.717) is 25.2 Å².